The van der Waals surface area contributed by atoms with E-state index in [0.717, 1.165) is 12.1 Å². The lowest BCUT2D eigenvalue weighted by Gasteiger charge is -2.14. The van der Waals surface area contributed by atoms with E-state index in [2.05, 4.69) is 0 Å². The largest absolute Gasteiger partial charge is 0.390 e. The number of sulfonamides is 1. The van der Waals surface area contributed by atoms with Crippen LogP contribution in [0.25, 0.3) is 0 Å². The van der Waals surface area contributed by atoms with Crippen molar-refractivity contribution in [3.8, 4) is 0 Å². The second kappa shape index (κ2) is 5.95. The molecule has 0 saturated carbocycles. The number of rotatable bonds is 6. The van der Waals surface area contributed by atoms with Crippen LogP contribution in [0.15, 0.2) is 23.1 Å². The van der Waals surface area contributed by atoms with E-state index in [-0.39, 0.29) is 5.02 Å². The molecular formula is C9H9ClF2N2O5S. The molecule has 7 nitrogen and oxygen atoms in total. The van der Waals surface area contributed by atoms with Gasteiger partial charge in [0.05, 0.1) is 16.4 Å². The molecule has 20 heavy (non-hydrogen) atoms. The highest BCUT2D eigenvalue weighted by molar-refractivity contribution is 7.89. The van der Waals surface area contributed by atoms with E-state index >= 15 is 0 Å². The molecule has 0 aliphatic heterocycles. The van der Waals surface area contributed by atoms with Gasteiger partial charge in [0, 0.05) is 6.07 Å². The van der Waals surface area contributed by atoms with E-state index < -0.39 is 44.6 Å². The summed E-state index contributed by atoms with van der Waals surface area (Å²) in [5.74, 6) is -3.63. The number of aliphatic hydroxyl groups excluding tert-OH is 1. The minimum absolute atomic E-state index is 0.283. The summed E-state index contributed by atoms with van der Waals surface area (Å²) in [6.07, 6.45) is 0. The Hall–Kier alpha value is -1.36. The number of nitrogens with zero attached hydrogens (tertiary/aromatic N) is 1. The predicted molar refractivity (Wildman–Crippen MR) is 65.3 cm³/mol. The van der Waals surface area contributed by atoms with Crippen LogP contribution in [-0.4, -0.2) is 37.5 Å². The molecular weight excluding hydrogens is 322 g/mol. The monoisotopic (exact) mass is 330 g/mol. The molecule has 0 radical (unpaired) electrons. The van der Waals surface area contributed by atoms with Crippen LogP contribution in [0.3, 0.4) is 0 Å². The molecule has 0 heterocycles. The maximum Gasteiger partial charge on any atom is 0.289 e. The smallest absolute Gasteiger partial charge is 0.289 e. The third-order valence-corrected chi connectivity index (χ3v) is 3.90. The Bertz CT molecular complexity index is 623. The second-order valence-electron chi connectivity index (χ2n) is 3.71. The van der Waals surface area contributed by atoms with Gasteiger partial charge in [-0.05, 0) is 12.1 Å². The van der Waals surface area contributed by atoms with Crippen LogP contribution in [0.1, 0.15) is 0 Å². The van der Waals surface area contributed by atoms with Gasteiger partial charge in [0.2, 0.25) is 10.0 Å². The summed E-state index contributed by atoms with van der Waals surface area (Å²) in [4.78, 5) is 9.14. The van der Waals surface area contributed by atoms with E-state index in [9.17, 15) is 27.3 Å². The van der Waals surface area contributed by atoms with Crippen molar-refractivity contribution in [2.24, 2.45) is 0 Å². The number of hydrogen-bond donors (Lipinski definition) is 2. The Balaban J connectivity index is 3.05. The van der Waals surface area contributed by atoms with Gasteiger partial charge in [0.15, 0.2) is 0 Å². The summed E-state index contributed by atoms with van der Waals surface area (Å²) in [5, 5.41) is 18.7. The van der Waals surface area contributed by atoms with Gasteiger partial charge in [-0.1, -0.05) is 11.6 Å². The van der Waals surface area contributed by atoms with Crippen LogP contribution < -0.4 is 4.72 Å². The predicted octanol–water partition coefficient (Wildman–Crippen LogP) is 1.15. The van der Waals surface area contributed by atoms with Crippen LogP contribution in [0.2, 0.25) is 5.02 Å². The molecule has 0 fully saturated rings. The number of aliphatic hydroxyl groups is 1. The molecule has 0 unspecified atom stereocenters. The summed E-state index contributed by atoms with van der Waals surface area (Å²) in [6, 6.07) is 2.56. The van der Waals surface area contributed by atoms with Crippen molar-refractivity contribution in [1.29, 1.82) is 0 Å². The van der Waals surface area contributed by atoms with Gasteiger partial charge < -0.3 is 5.11 Å². The zero-order valence-corrected chi connectivity index (χ0v) is 11.3. The first-order valence-corrected chi connectivity index (χ1v) is 6.87. The van der Waals surface area contributed by atoms with Gasteiger partial charge in [0.1, 0.15) is 11.6 Å². The fourth-order valence-corrected chi connectivity index (χ4v) is 2.41. The first-order valence-electron chi connectivity index (χ1n) is 5.01. The highest BCUT2D eigenvalue weighted by atomic mass is 35.5. The summed E-state index contributed by atoms with van der Waals surface area (Å²) < 4.78 is 50.5. The lowest BCUT2D eigenvalue weighted by atomic mass is 10.3. The topological polar surface area (TPSA) is 110 Å². The Labute approximate surface area is 117 Å². The van der Waals surface area contributed by atoms with Crippen molar-refractivity contribution in [2.45, 2.75) is 10.8 Å². The van der Waals surface area contributed by atoms with E-state index in [0.29, 0.717) is 6.07 Å². The number of halogens is 3. The Morgan fingerprint density at radius 3 is 2.55 bits per heavy atom. The van der Waals surface area contributed by atoms with E-state index in [1.165, 1.54) is 0 Å². The van der Waals surface area contributed by atoms with Gasteiger partial charge in [-0.3, -0.25) is 10.1 Å². The molecule has 0 bridgehead atoms. The second-order valence-corrected chi connectivity index (χ2v) is 5.88. The maximum atomic E-state index is 12.8. The van der Waals surface area contributed by atoms with Crippen molar-refractivity contribution in [3.63, 3.8) is 0 Å². The first kappa shape index (κ1) is 16.7. The molecule has 0 aliphatic rings. The number of hydrogen-bond acceptors (Lipinski definition) is 5. The summed E-state index contributed by atoms with van der Waals surface area (Å²) >= 11 is 5.50. The average Bonchev–Trinajstić information content (AvgIpc) is 2.36. The summed E-state index contributed by atoms with van der Waals surface area (Å²) in [6.45, 7) is -2.86. The van der Waals surface area contributed by atoms with Crippen molar-refractivity contribution in [3.05, 3.63) is 33.3 Å². The minimum Gasteiger partial charge on any atom is -0.390 e. The number of nitrogens with one attached hydrogen (secondary N) is 1. The third kappa shape index (κ3) is 4.07. The summed E-state index contributed by atoms with van der Waals surface area (Å²) in [5.41, 5.74) is -0.663. The van der Waals surface area contributed by atoms with Gasteiger partial charge in [-0.2, -0.15) is 0 Å². The third-order valence-electron chi connectivity index (χ3n) is 2.18. The highest BCUT2D eigenvalue weighted by Gasteiger charge is 2.30. The molecule has 11 heteroatoms. The van der Waals surface area contributed by atoms with E-state index in [4.69, 9.17) is 16.7 Å². The Morgan fingerprint density at radius 2 is 2.05 bits per heavy atom. The molecule has 1 aromatic carbocycles. The van der Waals surface area contributed by atoms with Crippen molar-refractivity contribution < 1.29 is 27.2 Å². The molecule has 0 saturated heterocycles. The molecule has 112 valence electrons. The normalized spacial score (nSPS) is 12.4. The zero-order valence-electron chi connectivity index (χ0n) is 9.72. The van der Waals surface area contributed by atoms with Crippen LogP contribution in [0.4, 0.5) is 14.5 Å². The lowest BCUT2D eigenvalue weighted by Crippen LogP contribution is -2.38. The maximum absolute atomic E-state index is 12.8. The molecule has 0 aliphatic carbocycles. The van der Waals surface area contributed by atoms with Crippen molar-refractivity contribution in [2.75, 3.05) is 13.2 Å². The zero-order chi connectivity index (χ0) is 15.6. The fourth-order valence-electron chi connectivity index (χ4n) is 1.14. The Kier molecular flexibility index (Phi) is 4.97. The molecule has 0 aromatic heterocycles. The van der Waals surface area contributed by atoms with Crippen molar-refractivity contribution in [1.82, 2.24) is 4.72 Å². The molecule has 0 spiro atoms. The van der Waals surface area contributed by atoms with Gasteiger partial charge in [0.25, 0.3) is 11.6 Å². The fraction of sp³-hybridized carbons (Fsp3) is 0.333. The highest BCUT2D eigenvalue weighted by Crippen LogP contribution is 2.27. The number of alkyl halides is 2. The standard InChI is InChI=1S/C9H9ClF2N2O5S/c10-7-2-1-6(3-8(7)14(16)17)20(18,19)13-4-9(11,12)5-15/h1-3,13,15H,4-5H2. The number of nitro benzene ring substituents is 1. The SMILES string of the molecule is O=[N+]([O-])c1cc(S(=O)(=O)NCC(F)(F)CO)ccc1Cl. The quantitative estimate of drug-likeness (QED) is 0.600. The van der Waals surface area contributed by atoms with Crippen LogP contribution in [0.5, 0.6) is 0 Å². The minimum atomic E-state index is -4.38. The van der Waals surface area contributed by atoms with Gasteiger partial charge in [-0.25, -0.2) is 21.9 Å². The number of nitro groups is 1. The molecule has 0 amide bonds. The van der Waals surface area contributed by atoms with E-state index in [1.807, 2.05) is 0 Å². The molecule has 2 N–H and O–H groups in total. The van der Waals surface area contributed by atoms with Crippen LogP contribution in [-0.2, 0) is 10.0 Å². The van der Waals surface area contributed by atoms with Gasteiger partial charge in [-0.15, -0.1) is 0 Å². The number of benzene rings is 1. The van der Waals surface area contributed by atoms with Crippen LogP contribution in [0, 0.1) is 10.1 Å². The lowest BCUT2D eigenvalue weighted by molar-refractivity contribution is -0.384. The molecule has 1 aromatic rings. The average molecular weight is 331 g/mol. The summed E-state index contributed by atoms with van der Waals surface area (Å²) in [7, 11) is -4.38. The molecule has 1 rings (SSSR count). The van der Waals surface area contributed by atoms with Gasteiger partial charge >= 0.3 is 0 Å². The van der Waals surface area contributed by atoms with Crippen LogP contribution >= 0.6 is 11.6 Å². The van der Waals surface area contributed by atoms with E-state index in [1.54, 1.807) is 4.72 Å². The molecule has 0 atom stereocenters. The van der Waals surface area contributed by atoms with Crippen molar-refractivity contribution >= 4 is 27.3 Å². The Morgan fingerprint density at radius 1 is 1.45 bits per heavy atom. The first-order chi connectivity index (χ1) is 9.09.